The van der Waals surface area contributed by atoms with E-state index in [1.54, 1.807) is 0 Å². The van der Waals surface area contributed by atoms with Gasteiger partial charge in [-0.15, -0.1) is 0 Å². The van der Waals surface area contributed by atoms with Crippen LogP contribution in [-0.2, 0) is 9.53 Å². The molecule has 0 bridgehead atoms. The molecule has 0 spiro atoms. The van der Waals surface area contributed by atoms with E-state index in [9.17, 15) is 4.79 Å². The number of amides is 1. The Morgan fingerprint density at radius 2 is 2.17 bits per heavy atom. The maximum atomic E-state index is 10.9. The minimum atomic E-state index is -0.369. The Labute approximate surface area is 73.5 Å². The third kappa shape index (κ3) is 7.50. The van der Waals surface area contributed by atoms with Gasteiger partial charge in [-0.2, -0.15) is 0 Å². The molecule has 0 aromatic rings. The fraction of sp³-hybridized carbons (Fsp3) is 0.875. The first kappa shape index (κ1) is 11.4. The first-order valence-corrected chi connectivity index (χ1v) is 4.09. The second kappa shape index (κ2) is 5.11. The van der Waals surface area contributed by atoms with Gasteiger partial charge >= 0.3 is 0 Å². The van der Waals surface area contributed by atoms with Crippen LogP contribution in [0.25, 0.3) is 0 Å². The number of nitrogens with one attached hydrogen (secondary N) is 1. The van der Waals surface area contributed by atoms with Crippen molar-refractivity contribution in [2.75, 3.05) is 19.8 Å². The average Bonchev–Trinajstić information content (AvgIpc) is 1.84. The number of carbonyl (C=O) groups is 1. The lowest BCUT2D eigenvalue weighted by molar-refractivity contribution is -0.126. The second-order valence-corrected chi connectivity index (χ2v) is 3.43. The number of hydrogen-bond donors (Lipinski definition) is 2. The van der Waals surface area contributed by atoms with Crippen molar-refractivity contribution in [3.05, 3.63) is 0 Å². The zero-order valence-electron chi connectivity index (χ0n) is 8.02. The Hall–Kier alpha value is -0.610. The fourth-order valence-electron chi connectivity index (χ4n) is 0.655. The van der Waals surface area contributed by atoms with Crippen LogP contribution in [-0.4, -0.2) is 31.2 Å². The van der Waals surface area contributed by atoms with Gasteiger partial charge in [0, 0.05) is 12.1 Å². The Morgan fingerprint density at radius 1 is 1.58 bits per heavy atom. The summed E-state index contributed by atoms with van der Waals surface area (Å²) in [6, 6.07) is 0. The average molecular weight is 174 g/mol. The van der Waals surface area contributed by atoms with Crippen molar-refractivity contribution in [3.8, 4) is 0 Å². The van der Waals surface area contributed by atoms with Crippen LogP contribution in [0.15, 0.2) is 0 Å². The number of nitrogens with two attached hydrogens (primary N) is 1. The van der Waals surface area contributed by atoms with Crippen LogP contribution < -0.4 is 11.1 Å². The first-order chi connectivity index (χ1) is 5.45. The molecule has 0 fully saturated rings. The highest BCUT2D eigenvalue weighted by Gasteiger charge is 2.11. The zero-order chi connectivity index (χ0) is 9.61. The van der Waals surface area contributed by atoms with Gasteiger partial charge in [-0.1, -0.05) is 0 Å². The number of rotatable bonds is 5. The molecule has 0 heterocycles. The molecular formula is C8H18N2O2. The van der Waals surface area contributed by atoms with E-state index in [2.05, 4.69) is 5.32 Å². The molecular weight excluding hydrogens is 156 g/mol. The lowest BCUT2D eigenvalue weighted by atomic mass is 10.1. The summed E-state index contributed by atoms with van der Waals surface area (Å²) in [7, 11) is 0. The summed E-state index contributed by atoms with van der Waals surface area (Å²) in [6.45, 7) is 6.69. The molecule has 0 aromatic carbocycles. The topological polar surface area (TPSA) is 64.3 Å². The van der Waals surface area contributed by atoms with E-state index in [1.807, 2.05) is 20.8 Å². The molecule has 4 nitrogen and oxygen atoms in total. The summed E-state index contributed by atoms with van der Waals surface area (Å²) < 4.78 is 5.08. The van der Waals surface area contributed by atoms with Gasteiger partial charge in [0.05, 0.1) is 6.61 Å². The quantitative estimate of drug-likeness (QED) is 0.610. The van der Waals surface area contributed by atoms with Gasteiger partial charge in [-0.05, 0) is 20.8 Å². The molecule has 1 amide bonds. The Kier molecular flexibility index (Phi) is 4.85. The SMILES string of the molecule is CCNC(=O)COCC(C)(C)N. The highest BCUT2D eigenvalue weighted by molar-refractivity contribution is 5.77. The fourth-order valence-corrected chi connectivity index (χ4v) is 0.655. The second-order valence-electron chi connectivity index (χ2n) is 3.43. The van der Waals surface area contributed by atoms with Crippen LogP contribution in [0, 0.1) is 0 Å². The highest BCUT2D eigenvalue weighted by Crippen LogP contribution is 1.95. The lowest BCUT2D eigenvalue weighted by Gasteiger charge is -2.17. The number of ether oxygens (including phenoxy) is 1. The van der Waals surface area contributed by atoms with Gasteiger partial charge in [0.25, 0.3) is 0 Å². The van der Waals surface area contributed by atoms with Gasteiger partial charge in [0.1, 0.15) is 6.61 Å². The van der Waals surface area contributed by atoms with Crippen molar-refractivity contribution >= 4 is 5.91 Å². The lowest BCUT2D eigenvalue weighted by Crippen LogP contribution is -2.39. The summed E-state index contributed by atoms with van der Waals surface area (Å²) in [5.74, 6) is -0.0956. The first-order valence-electron chi connectivity index (χ1n) is 4.09. The molecule has 0 rings (SSSR count). The van der Waals surface area contributed by atoms with Crippen LogP contribution in [0.3, 0.4) is 0 Å². The molecule has 12 heavy (non-hydrogen) atoms. The van der Waals surface area contributed by atoms with Crippen molar-refractivity contribution < 1.29 is 9.53 Å². The third-order valence-corrected chi connectivity index (χ3v) is 1.08. The molecule has 0 aliphatic rings. The van der Waals surface area contributed by atoms with Gasteiger partial charge in [-0.25, -0.2) is 0 Å². The molecule has 3 N–H and O–H groups in total. The van der Waals surface area contributed by atoms with Crippen molar-refractivity contribution in [1.82, 2.24) is 5.32 Å². The molecule has 0 radical (unpaired) electrons. The summed E-state index contributed by atoms with van der Waals surface area (Å²) in [6.07, 6.45) is 0. The number of likely N-dealkylation sites (N-methyl/N-ethyl adjacent to an activating group) is 1. The van der Waals surface area contributed by atoms with Crippen LogP contribution in [0.2, 0.25) is 0 Å². The van der Waals surface area contributed by atoms with Crippen molar-refractivity contribution in [1.29, 1.82) is 0 Å². The van der Waals surface area contributed by atoms with Gasteiger partial charge in [0.15, 0.2) is 0 Å². The van der Waals surface area contributed by atoms with Gasteiger partial charge in [-0.3, -0.25) is 4.79 Å². The molecule has 0 saturated carbocycles. The monoisotopic (exact) mass is 174 g/mol. The Bertz CT molecular complexity index is 140. The third-order valence-electron chi connectivity index (χ3n) is 1.08. The molecule has 0 saturated heterocycles. The molecule has 0 atom stereocenters. The summed E-state index contributed by atoms with van der Waals surface area (Å²) in [4.78, 5) is 10.9. The zero-order valence-corrected chi connectivity index (χ0v) is 8.02. The van der Waals surface area contributed by atoms with Crippen LogP contribution in [0.5, 0.6) is 0 Å². The maximum absolute atomic E-state index is 10.9. The van der Waals surface area contributed by atoms with Crippen molar-refractivity contribution in [2.24, 2.45) is 5.73 Å². The standard InChI is InChI=1S/C8H18N2O2/c1-4-10-7(11)5-12-6-8(2,3)9/h4-6,9H2,1-3H3,(H,10,11). The normalized spacial score (nSPS) is 11.3. The van der Waals surface area contributed by atoms with E-state index >= 15 is 0 Å². The summed E-state index contributed by atoms with van der Waals surface area (Å²) in [5.41, 5.74) is 5.27. The van der Waals surface area contributed by atoms with E-state index in [0.717, 1.165) is 0 Å². The molecule has 72 valence electrons. The molecule has 4 heteroatoms. The Morgan fingerprint density at radius 3 is 2.58 bits per heavy atom. The predicted octanol–water partition coefficient (Wildman–Crippen LogP) is -0.124. The highest BCUT2D eigenvalue weighted by atomic mass is 16.5. The maximum Gasteiger partial charge on any atom is 0.245 e. The van der Waals surface area contributed by atoms with E-state index in [4.69, 9.17) is 10.5 Å². The summed E-state index contributed by atoms with van der Waals surface area (Å²) in [5, 5.41) is 2.63. The minimum Gasteiger partial charge on any atom is -0.370 e. The van der Waals surface area contributed by atoms with Crippen LogP contribution in [0.4, 0.5) is 0 Å². The molecule has 0 aromatic heterocycles. The largest absolute Gasteiger partial charge is 0.370 e. The van der Waals surface area contributed by atoms with Crippen molar-refractivity contribution in [3.63, 3.8) is 0 Å². The predicted molar refractivity (Wildman–Crippen MR) is 47.8 cm³/mol. The van der Waals surface area contributed by atoms with Gasteiger partial charge in [0.2, 0.25) is 5.91 Å². The minimum absolute atomic E-state index is 0.0917. The summed E-state index contributed by atoms with van der Waals surface area (Å²) >= 11 is 0. The Balaban J connectivity index is 3.37. The molecule has 0 aliphatic carbocycles. The van der Waals surface area contributed by atoms with Crippen LogP contribution in [0.1, 0.15) is 20.8 Å². The molecule has 0 unspecified atom stereocenters. The molecule has 0 aliphatic heterocycles. The number of hydrogen-bond acceptors (Lipinski definition) is 3. The smallest absolute Gasteiger partial charge is 0.245 e. The van der Waals surface area contributed by atoms with Crippen molar-refractivity contribution in [2.45, 2.75) is 26.3 Å². The van der Waals surface area contributed by atoms with E-state index in [1.165, 1.54) is 0 Å². The van der Waals surface area contributed by atoms with E-state index < -0.39 is 0 Å². The van der Waals surface area contributed by atoms with Gasteiger partial charge < -0.3 is 15.8 Å². The van der Waals surface area contributed by atoms with E-state index in [-0.39, 0.29) is 18.1 Å². The number of carbonyl (C=O) groups excluding carboxylic acids is 1. The van der Waals surface area contributed by atoms with E-state index in [0.29, 0.717) is 13.2 Å². The van der Waals surface area contributed by atoms with Crippen LogP contribution >= 0.6 is 0 Å².